The van der Waals surface area contributed by atoms with Crippen molar-refractivity contribution in [1.29, 1.82) is 0 Å². The Morgan fingerprint density at radius 3 is 2.85 bits per heavy atom. The van der Waals surface area contributed by atoms with E-state index >= 15 is 0 Å². The van der Waals surface area contributed by atoms with Crippen LogP contribution in [0, 0.1) is 0 Å². The van der Waals surface area contributed by atoms with Gasteiger partial charge >= 0.3 is 0 Å². The van der Waals surface area contributed by atoms with Crippen LogP contribution < -0.4 is 5.32 Å². The van der Waals surface area contributed by atoms with Gasteiger partial charge in [0.25, 0.3) is 0 Å². The lowest BCUT2D eigenvalue weighted by molar-refractivity contribution is -0.0324. The van der Waals surface area contributed by atoms with Gasteiger partial charge in [-0.15, -0.1) is 0 Å². The summed E-state index contributed by atoms with van der Waals surface area (Å²) in [4.78, 5) is 0. The molecular formula is C11H15NO. The molecule has 0 bridgehead atoms. The van der Waals surface area contributed by atoms with Crippen LogP contribution in [-0.2, 0) is 16.8 Å². The van der Waals surface area contributed by atoms with Gasteiger partial charge < -0.3 is 10.1 Å². The van der Waals surface area contributed by atoms with E-state index < -0.39 is 0 Å². The molecule has 1 aliphatic carbocycles. The largest absolute Gasteiger partial charge is 0.372 e. The quantitative estimate of drug-likeness (QED) is 0.751. The highest BCUT2D eigenvalue weighted by Crippen LogP contribution is 2.40. The number of hydrogen-bond donors (Lipinski definition) is 1. The van der Waals surface area contributed by atoms with Gasteiger partial charge in [0, 0.05) is 20.1 Å². The van der Waals surface area contributed by atoms with Crippen molar-refractivity contribution >= 4 is 0 Å². The molecule has 0 heterocycles. The van der Waals surface area contributed by atoms with Crippen molar-refractivity contribution in [1.82, 2.24) is 5.32 Å². The molecule has 0 aliphatic heterocycles. The average molecular weight is 177 g/mol. The molecule has 2 rings (SSSR count). The van der Waals surface area contributed by atoms with Gasteiger partial charge in [0.15, 0.2) is 0 Å². The Morgan fingerprint density at radius 2 is 2.23 bits per heavy atom. The molecular weight excluding hydrogens is 162 g/mol. The van der Waals surface area contributed by atoms with Crippen molar-refractivity contribution in [2.75, 3.05) is 20.7 Å². The molecule has 1 atom stereocenters. The predicted octanol–water partition coefficient (Wildman–Crippen LogP) is 1.30. The van der Waals surface area contributed by atoms with E-state index in [0.29, 0.717) is 0 Å². The first-order valence-corrected chi connectivity index (χ1v) is 4.60. The van der Waals surface area contributed by atoms with Gasteiger partial charge in [-0.25, -0.2) is 0 Å². The van der Waals surface area contributed by atoms with Gasteiger partial charge in [0.05, 0.1) is 0 Å². The Bertz CT molecular complexity index is 311. The first-order valence-electron chi connectivity index (χ1n) is 4.60. The number of fused-ring (bicyclic) bond motifs is 1. The third-order valence-electron chi connectivity index (χ3n) is 2.84. The van der Waals surface area contributed by atoms with Crippen molar-refractivity contribution in [2.24, 2.45) is 0 Å². The fraction of sp³-hybridized carbons (Fsp3) is 0.455. The molecule has 0 saturated carbocycles. The second-order valence-electron chi connectivity index (χ2n) is 3.56. The molecule has 2 nitrogen and oxygen atoms in total. The van der Waals surface area contributed by atoms with Crippen LogP contribution in [-0.4, -0.2) is 20.7 Å². The van der Waals surface area contributed by atoms with Crippen molar-refractivity contribution in [3.05, 3.63) is 35.4 Å². The number of ether oxygens (including phenoxy) is 1. The highest BCUT2D eigenvalue weighted by Gasteiger charge is 2.41. The van der Waals surface area contributed by atoms with Crippen LogP contribution in [0.15, 0.2) is 24.3 Å². The van der Waals surface area contributed by atoms with E-state index in [1.54, 1.807) is 7.11 Å². The van der Waals surface area contributed by atoms with Gasteiger partial charge in [-0.2, -0.15) is 0 Å². The second kappa shape index (κ2) is 3.13. The summed E-state index contributed by atoms with van der Waals surface area (Å²) < 4.78 is 5.58. The zero-order valence-corrected chi connectivity index (χ0v) is 8.13. The molecule has 0 fully saturated rings. The fourth-order valence-electron chi connectivity index (χ4n) is 2.11. The molecule has 1 unspecified atom stereocenters. The summed E-state index contributed by atoms with van der Waals surface area (Å²) in [5.74, 6) is 0. The van der Waals surface area contributed by atoms with Crippen LogP contribution in [0.2, 0.25) is 0 Å². The first kappa shape index (κ1) is 8.73. The van der Waals surface area contributed by atoms with Crippen LogP contribution in [0.25, 0.3) is 0 Å². The summed E-state index contributed by atoms with van der Waals surface area (Å²) in [6.07, 6.45) is 1.03. The molecule has 13 heavy (non-hydrogen) atoms. The van der Waals surface area contributed by atoms with E-state index in [4.69, 9.17) is 4.74 Å². The van der Waals surface area contributed by atoms with Gasteiger partial charge in [0.2, 0.25) is 0 Å². The first-order chi connectivity index (χ1) is 6.32. The van der Waals surface area contributed by atoms with Crippen molar-refractivity contribution in [3.63, 3.8) is 0 Å². The Balaban J connectivity index is 2.30. The lowest BCUT2D eigenvalue weighted by Crippen LogP contribution is -2.47. The van der Waals surface area contributed by atoms with Gasteiger partial charge in [-0.1, -0.05) is 24.3 Å². The Morgan fingerprint density at radius 1 is 1.46 bits per heavy atom. The molecule has 1 aromatic carbocycles. The summed E-state index contributed by atoms with van der Waals surface area (Å²) in [6, 6.07) is 8.47. The summed E-state index contributed by atoms with van der Waals surface area (Å²) in [7, 11) is 3.75. The maximum absolute atomic E-state index is 5.58. The SMILES string of the molecule is CNCC1(OC)Cc2ccccc21. The van der Waals surface area contributed by atoms with E-state index in [1.165, 1.54) is 11.1 Å². The fourth-order valence-corrected chi connectivity index (χ4v) is 2.11. The zero-order chi connectivity index (χ0) is 9.31. The Labute approximate surface area is 78.9 Å². The second-order valence-corrected chi connectivity index (χ2v) is 3.56. The highest BCUT2D eigenvalue weighted by molar-refractivity contribution is 5.43. The summed E-state index contributed by atoms with van der Waals surface area (Å²) in [6.45, 7) is 0.889. The molecule has 70 valence electrons. The number of likely N-dealkylation sites (N-methyl/N-ethyl adjacent to an activating group) is 1. The average Bonchev–Trinajstić information content (AvgIpc) is 2.14. The summed E-state index contributed by atoms with van der Waals surface area (Å²) >= 11 is 0. The van der Waals surface area contributed by atoms with Gasteiger partial charge in [0.1, 0.15) is 5.60 Å². The van der Waals surface area contributed by atoms with Crippen LogP contribution in [0.3, 0.4) is 0 Å². The van der Waals surface area contributed by atoms with E-state index in [1.807, 2.05) is 7.05 Å². The number of nitrogens with one attached hydrogen (secondary N) is 1. The third kappa shape index (κ3) is 1.18. The van der Waals surface area contributed by atoms with Crippen molar-refractivity contribution in [3.8, 4) is 0 Å². The van der Waals surface area contributed by atoms with E-state index in [9.17, 15) is 0 Å². The van der Waals surface area contributed by atoms with Crippen LogP contribution in [0.5, 0.6) is 0 Å². The van der Waals surface area contributed by atoms with Crippen molar-refractivity contribution in [2.45, 2.75) is 12.0 Å². The summed E-state index contributed by atoms with van der Waals surface area (Å²) in [5, 5.41) is 3.18. The van der Waals surface area contributed by atoms with Crippen LogP contribution >= 0.6 is 0 Å². The molecule has 0 aromatic heterocycles. The molecule has 0 saturated heterocycles. The molecule has 0 spiro atoms. The Kier molecular flexibility index (Phi) is 2.10. The topological polar surface area (TPSA) is 21.3 Å². The lowest BCUT2D eigenvalue weighted by atomic mass is 9.73. The minimum atomic E-state index is -0.0641. The molecule has 0 amide bonds. The van der Waals surface area contributed by atoms with E-state index in [-0.39, 0.29) is 5.60 Å². The summed E-state index contributed by atoms with van der Waals surface area (Å²) in [5.41, 5.74) is 2.69. The van der Waals surface area contributed by atoms with Crippen LogP contribution in [0.4, 0.5) is 0 Å². The molecule has 1 aliphatic rings. The van der Waals surface area contributed by atoms with Gasteiger partial charge in [-0.3, -0.25) is 0 Å². The molecule has 1 N–H and O–H groups in total. The normalized spacial score (nSPS) is 25.1. The standard InChI is InChI=1S/C11H15NO/c1-12-8-11(13-2)7-9-5-3-4-6-10(9)11/h3-6,12H,7-8H2,1-2H3. The molecule has 1 aromatic rings. The number of benzene rings is 1. The number of hydrogen-bond acceptors (Lipinski definition) is 2. The minimum Gasteiger partial charge on any atom is -0.372 e. The zero-order valence-electron chi connectivity index (χ0n) is 8.13. The van der Waals surface area contributed by atoms with E-state index in [0.717, 1.165) is 13.0 Å². The van der Waals surface area contributed by atoms with Gasteiger partial charge in [-0.05, 0) is 18.2 Å². The van der Waals surface area contributed by atoms with Crippen LogP contribution in [0.1, 0.15) is 11.1 Å². The predicted molar refractivity (Wildman–Crippen MR) is 52.8 cm³/mol. The third-order valence-corrected chi connectivity index (χ3v) is 2.84. The Hall–Kier alpha value is -0.860. The maximum atomic E-state index is 5.58. The maximum Gasteiger partial charge on any atom is 0.109 e. The minimum absolute atomic E-state index is 0.0641. The smallest absolute Gasteiger partial charge is 0.109 e. The van der Waals surface area contributed by atoms with Crippen molar-refractivity contribution < 1.29 is 4.74 Å². The monoisotopic (exact) mass is 177 g/mol. The highest BCUT2D eigenvalue weighted by atomic mass is 16.5. The number of rotatable bonds is 3. The lowest BCUT2D eigenvalue weighted by Gasteiger charge is -2.42. The molecule has 0 radical (unpaired) electrons. The number of methoxy groups -OCH3 is 1. The molecule has 2 heteroatoms. The van der Waals surface area contributed by atoms with E-state index in [2.05, 4.69) is 29.6 Å².